The van der Waals surface area contributed by atoms with Crippen molar-refractivity contribution in [1.29, 1.82) is 0 Å². The third kappa shape index (κ3) is 2.91. The summed E-state index contributed by atoms with van der Waals surface area (Å²) in [6.45, 7) is 2.00. The van der Waals surface area contributed by atoms with Gasteiger partial charge in [-0.1, -0.05) is 0 Å². The van der Waals surface area contributed by atoms with Crippen LogP contribution in [0, 0.1) is 0 Å². The van der Waals surface area contributed by atoms with Crippen LogP contribution in [0.3, 0.4) is 0 Å². The van der Waals surface area contributed by atoms with Gasteiger partial charge in [0.2, 0.25) is 5.91 Å². The zero-order valence-electron chi connectivity index (χ0n) is 9.13. The smallest absolute Gasteiger partial charge is 0.244 e. The molecule has 1 fully saturated rings. The number of carbonyl (C=O) groups is 1. The molecule has 1 aliphatic heterocycles. The summed E-state index contributed by atoms with van der Waals surface area (Å²) in [7, 11) is 0. The first-order valence-corrected chi connectivity index (χ1v) is 6.54. The van der Waals surface area contributed by atoms with E-state index in [1.54, 1.807) is 17.1 Å². The first-order chi connectivity index (χ1) is 7.75. The number of nitrogens with zero attached hydrogens (tertiary/aromatic N) is 3. The summed E-state index contributed by atoms with van der Waals surface area (Å²) >= 11 is 1.91. The molecular weight excluding hydrogens is 224 g/mol. The van der Waals surface area contributed by atoms with E-state index in [4.69, 9.17) is 5.73 Å². The molecule has 88 valence electrons. The monoisotopic (exact) mass is 240 g/mol. The Bertz CT molecular complexity index is 357. The van der Waals surface area contributed by atoms with Crippen molar-refractivity contribution in [1.82, 2.24) is 14.7 Å². The number of hydrogen-bond donors (Lipinski definition) is 1. The second kappa shape index (κ2) is 5.25. The molecule has 2 N–H and O–H groups in total. The van der Waals surface area contributed by atoms with E-state index < -0.39 is 0 Å². The largest absolute Gasteiger partial charge is 0.396 e. The number of nitrogens with two attached hydrogens (primary N) is 1. The van der Waals surface area contributed by atoms with Crippen LogP contribution in [0.5, 0.6) is 0 Å². The van der Waals surface area contributed by atoms with Crippen molar-refractivity contribution in [3.63, 3.8) is 0 Å². The second-order valence-electron chi connectivity index (χ2n) is 3.82. The van der Waals surface area contributed by atoms with Gasteiger partial charge >= 0.3 is 0 Å². The summed E-state index contributed by atoms with van der Waals surface area (Å²) in [5, 5.41) is 4.01. The lowest BCUT2D eigenvalue weighted by atomic mass is 10.4. The van der Waals surface area contributed by atoms with E-state index in [-0.39, 0.29) is 5.91 Å². The first-order valence-electron chi connectivity index (χ1n) is 5.39. The molecule has 0 bridgehead atoms. The van der Waals surface area contributed by atoms with E-state index in [1.165, 1.54) is 0 Å². The second-order valence-corrected chi connectivity index (χ2v) is 5.04. The van der Waals surface area contributed by atoms with E-state index in [0.29, 0.717) is 12.2 Å². The molecule has 1 amide bonds. The minimum Gasteiger partial charge on any atom is -0.396 e. The number of aromatic nitrogens is 2. The Morgan fingerprint density at radius 3 is 3.12 bits per heavy atom. The molecule has 1 aromatic heterocycles. The molecule has 0 saturated carbocycles. The molecule has 0 aromatic carbocycles. The molecule has 1 aromatic rings. The molecule has 1 aliphatic rings. The minimum absolute atomic E-state index is 0.130. The molecular formula is C10H16N4OS. The average Bonchev–Trinajstić information content (AvgIpc) is 2.56. The Kier molecular flexibility index (Phi) is 3.71. The van der Waals surface area contributed by atoms with Crippen molar-refractivity contribution in [3.05, 3.63) is 12.4 Å². The molecule has 1 saturated heterocycles. The molecule has 6 heteroatoms. The summed E-state index contributed by atoms with van der Waals surface area (Å²) in [5.74, 6) is 2.32. The normalized spacial score (nSPS) is 17.1. The van der Waals surface area contributed by atoms with Crippen LogP contribution in [-0.2, 0) is 11.3 Å². The van der Waals surface area contributed by atoms with E-state index in [2.05, 4.69) is 5.10 Å². The predicted octanol–water partition coefficient (Wildman–Crippen LogP) is 0.431. The predicted molar refractivity (Wildman–Crippen MR) is 65.2 cm³/mol. The zero-order chi connectivity index (χ0) is 11.4. The first kappa shape index (κ1) is 11.3. The highest BCUT2D eigenvalue weighted by Gasteiger charge is 2.15. The molecule has 0 unspecified atom stereocenters. The van der Waals surface area contributed by atoms with Gasteiger partial charge in [-0.3, -0.25) is 9.48 Å². The highest BCUT2D eigenvalue weighted by atomic mass is 32.2. The third-order valence-corrected chi connectivity index (χ3v) is 3.57. The number of carbonyl (C=O) groups excluding carboxylic acids is 1. The maximum atomic E-state index is 11.9. The van der Waals surface area contributed by atoms with E-state index >= 15 is 0 Å². The SMILES string of the molecule is Nc1cnn(CC(=O)N2CCCSCC2)c1. The van der Waals surface area contributed by atoms with Crippen molar-refractivity contribution in [2.75, 3.05) is 30.3 Å². The summed E-state index contributed by atoms with van der Waals surface area (Å²) in [6.07, 6.45) is 4.33. The summed E-state index contributed by atoms with van der Waals surface area (Å²) < 4.78 is 1.59. The van der Waals surface area contributed by atoms with Crippen molar-refractivity contribution >= 4 is 23.4 Å². The van der Waals surface area contributed by atoms with Gasteiger partial charge in [0.15, 0.2) is 0 Å². The lowest BCUT2D eigenvalue weighted by Gasteiger charge is -2.19. The lowest BCUT2D eigenvalue weighted by molar-refractivity contribution is -0.131. The number of hydrogen-bond acceptors (Lipinski definition) is 4. The number of anilines is 1. The zero-order valence-corrected chi connectivity index (χ0v) is 9.95. The molecule has 0 radical (unpaired) electrons. The fourth-order valence-electron chi connectivity index (χ4n) is 1.70. The van der Waals surface area contributed by atoms with Crippen molar-refractivity contribution in [2.45, 2.75) is 13.0 Å². The molecule has 5 nitrogen and oxygen atoms in total. The van der Waals surface area contributed by atoms with E-state index in [0.717, 1.165) is 31.0 Å². The molecule has 0 atom stereocenters. The number of amides is 1. The topological polar surface area (TPSA) is 64.1 Å². The van der Waals surface area contributed by atoms with Crippen LogP contribution in [0.2, 0.25) is 0 Å². The number of thioether (sulfide) groups is 1. The Morgan fingerprint density at radius 2 is 2.38 bits per heavy atom. The van der Waals surface area contributed by atoms with Gasteiger partial charge in [-0.25, -0.2) is 0 Å². The Hall–Kier alpha value is -1.17. The Balaban J connectivity index is 1.91. The summed E-state index contributed by atoms with van der Waals surface area (Å²) in [5.41, 5.74) is 6.14. The van der Waals surface area contributed by atoms with Crippen LogP contribution in [0.1, 0.15) is 6.42 Å². The van der Waals surface area contributed by atoms with Gasteiger partial charge in [-0.2, -0.15) is 16.9 Å². The van der Waals surface area contributed by atoms with Gasteiger partial charge in [-0.05, 0) is 12.2 Å². The van der Waals surface area contributed by atoms with Crippen LogP contribution < -0.4 is 5.73 Å². The van der Waals surface area contributed by atoms with Crippen LogP contribution >= 0.6 is 11.8 Å². The minimum atomic E-state index is 0.130. The van der Waals surface area contributed by atoms with Gasteiger partial charge in [0.05, 0.1) is 11.9 Å². The van der Waals surface area contributed by atoms with Crippen molar-refractivity contribution in [2.24, 2.45) is 0 Å². The lowest BCUT2D eigenvalue weighted by Crippen LogP contribution is -2.35. The number of nitrogen functional groups attached to an aromatic ring is 1. The van der Waals surface area contributed by atoms with E-state index in [9.17, 15) is 4.79 Å². The Morgan fingerprint density at radius 1 is 1.50 bits per heavy atom. The molecule has 0 spiro atoms. The molecule has 0 aliphatic carbocycles. The van der Waals surface area contributed by atoms with E-state index in [1.807, 2.05) is 16.7 Å². The van der Waals surface area contributed by atoms with Crippen LogP contribution in [0.15, 0.2) is 12.4 Å². The highest BCUT2D eigenvalue weighted by molar-refractivity contribution is 7.99. The fourth-order valence-corrected chi connectivity index (χ4v) is 2.59. The van der Waals surface area contributed by atoms with Gasteiger partial charge < -0.3 is 10.6 Å². The van der Waals surface area contributed by atoms with Crippen LogP contribution in [0.25, 0.3) is 0 Å². The quantitative estimate of drug-likeness (QED) is 0.814. The van der Waals surface area contributed by atoms with Crippen molar-refractivity contribution < 1.29 is 4.79 Å². The van der Waals surface area contributed by atoms with Crippen LogP contribution in [0.4, 0.5) is 5.69 Å². The summed E-state index contributed by atoms with van der Waals surface area (Å²) in [6, 6.07) is 0. The average molecular weight is 240 g/mol. The maximum absolute atomic E-state index is 11.9. The van der Waals surface area contributed by atoms with Gasteiger partial charge in [0.1, 0.15) is 6.54 Å². The van der Waals surface area contributed by atoms with Gasteiger partial charge in [0, 0.05) is 25.0 Å². The molecule has 16 heavy (non-hydrogen) atoms. The molecule has 2 heterocycles. The van der Waals surface area contributed by atoms with Gasteiger partial charge in [0.25, 0.3) is 0 Å². The maximum Gasteiger partial charge on any atom is 0.244 e. The summed E-state index contributed by atoms with van der Waals surface area (Å²) in [4.78, 5) is 13.9. The highest BCUT2D eigenvalue weighted by Crippen LogP contribution is 2.10. The van der Waals surface area contributed by atoms with Gasteiger partial charge in [-0.15, -0.1) is 0 Å². The number of rotatable bonds is 2. The fraction of sp³-hybridized carbons (Fsp3) is 0.600. The standard InChI is InChI=1S/C10H16N4OS/c11-9-6-12-14(7-9)8-10(15)13-2-1-4-16-5-3-13/h6-7H,1-5,8,11H2. The van der Waals surface area contributed by atoms with Crippen LogP contribution in [-0.4, -0.2) is 45.2 Å². The third-order valence-electron chi connectivity index (χ3n) is 2.53. The van der Waals surface area contributed by atoms with Crippen molar-refractivity contribution in [3.8, 4) is 0 Å². The molecule has 2 rings (SSSR count). The Labute approximate surface area is 99.0 Å².